The third-order valence-corrected chi connectivity index (χ3v) is 3.02. The molecule has 0 aromatic carbocycles. The smallest absolute Gasteiger partial charge is 0.242 e. The normalized spacial score (nSPS) is 15.6. The Hall–Kier alpha value is -2.16. The molecule has 0 saturated carbocycles. The van der Waals surface area contributed by atoms with E-state index in [1.165, 1.54) is 20.8 Å². The minimum Gasteiger partial charge on any atom is -0.355 e. The molecule has 4 amide bonds. The number of amides is 4. The van der Waals surface area contributed by atoms with Gasteiger partial charge in [-0.1, -0.05) is 0 Å². The molecular formula is C14H27N5O4. The van der Waals surface area contributed by atoms with Gasteiger partial charge in [0.1, 0.15) is 18.1 Å². The Kier molecular flexibility index (Phi) is 8.86. The molecule has 0 spiro atoms. The van der Waals surface area contributed by atoms with Crippen LogP contribution in [0, 0.1) is 0 Å². The van der Waals surface area contributed by atoms with Gasteiger partial charge in [-0.25, -0.2) is 0 Å². The van der Waals surface area contributed by atoms with Crippen LogP contribution in [0.25, 0.3) is 0 Å². The molecule has 0 saturated heterocycles. The SMILES string of the molecule is CCNC(=O)[C@H](C)NC(=O)[C@H](C)NC(=O)[C@H](C)NC(=O)[C@H](C)N. The van der Waals surface area contributed by atoms with Crippen molar-refractivity contribution in [1.82, 2.24) is 21.3 Å². The van der Waals surface area contributed by atoms with E-state index in [9.17, 15) is 19.2 Å². The van der Waals surface area contributed by atoms with Crippen molar-refractivity contribution in [2.45, 2.75) is 58.8 Å². The summed E-state index contributed by atoms with van der Waals surface area (Å²) in [6.45, 7) is 8.24. The van der Waals surface area contributed by atoms with Crippen molar-refractivity contribution >= 4 is 23.6 Å². The first kappa shape index (κ1) is 20.8. The van der Waals surface area contributed by atoms with Crippen molar-refractivity contribution in [2.24, 2.45) is 5.73 Å². The first-order valence-corrected chi connectivity index (χ1v) is 7.54. The van der Waals surface area contributed by atoms with E-state index in [-0.39, 0.29) is 5.91 Å². The molecule has 0 aliphatic rings. The van der Waals surface area contributed by atoms with E-state index in [0.29, 0.717) is 6.54 Å². The number of hydrogen-bond acceptors (Lipinski definition) is 5. The van der Waals surface area contributed by atoms with E-state index >= 15 is 0 Å². The molecule has 0 rings (SSSR count). The number of hydrogen-bond donors (Lipinski definition) is 5. The molecule has 23 heavy (non-hydrogen) atoms. The van der Waals surface area contributed by atoms with Crippen molar-refractivity contribution in [1.29, 1.82) is 0 Å². The van der Waals surface area contributed by atoms with Crippen LogP contribution >= 0.6 is 0 Å². The molecule has 4 atom stereocenters. The van der Waals surface area contributed by atoms with Crippen LogP contribution in [-0.4, -0.2) is 54.3 Å². The second-order valence-corrected chi connectivity index (χ2v) is 5.37. The number of nitrogens with one attached hydrogen (secondary N) is 4. The zero-order valence-corrected chi connectivity index (χ0v) is 14.2. The summed E-state index contributed by atoms with van der Waals surface area (Å²) >= 11 is 0. The van der Waals surface area contributed by atoms with Gasteiger partial charge in [0.2, 0.25) is 23.6 Å². The second kappa shape index (κ2) is 9.78. The van der Waals surface area contributed by atoms with Crippen molar-refractivity contribution in [3.8, 4) is 0 Å². The average molecular weight is 329 g/mol. The highest BCUT2D eigenvalue weighted by molar-refractivity contribution is 5.94. The Labute approximate surface area is 136 Å². The molecule has 0 aliphatic heterocycles. The highest BCUT2D eigenvalue weighted by Crippen LogP contribution is 1.91. The number of carbonyl (C=O) groups excluding carboxylic acids is 4. The van der Waals surface area contributed by atoms with E-state index in [0.717, 1.165) is 0 Å². The van der Waals surface area contributed by atoms with E-state index in [4.69, 9.17) is 5.73 Å². The maximum absolute atomic E-state index is 11.9. The third-order valence-electron chi connectivity index (χ3n) is 3.02. The first-order valence-electron chi connectivity index (χ1n) is 7.54. The maximum Gasteiger partial charge on any atom is 0.242 e. The Morgan fingerprint density at radius 1 is 0.739 bits per heavy atom. The molecule has 0 radical (unpaired) electrons. The molecule has 132 valence electrons. The van der Waals surface area contributed by atoms with Gasteiger partial charge in [0.25, 0.3) is 0 Å². The summed E-state index contributed by atoms with van der Waals surface area (Å²) in [6.07, 6.45) is 0. The second-order valence-electron chi connectivity index (χ2n) is 5.37. The summed E-state index contributed by atoms with van der Waals surface area (Å²) in [7, 11) is 0. The summed E-state index contributed by atoms with van der Waals surface area (Å²) < 4.78 is 0. The van der Waals surface area contributed by atoms with Crippen molar-refractivity contribution in [2.75, 3.05) is 6.54 Å². The van der Waals surface area contributed by atoms with Crippen molar-refractivity contribution < 1.29 is 19.2 Å². The zero-order chi connectivity index (χ0) is 18.2. The molecule has 9 heteroatoms. The van der Waals surface area contributed by atoms with Crippen LogP contribution in [0.5, 0.6) is 0 Å². The van der Waals surface area contributed by atoms with Crippen molar-refractivity contribution in [3.05, 3.63) is 0 Å². The fourth-order valence-electron chi connectivity index (χ4n) is 1.55. The van der Waals surface area contributed by atoms with Crippen molar-refractivity contribution in [3.63, 3.8) is 0 Å². The lowest BCUT2D eigenvalue weighted by molar-refractivity contribution is -0.133. The first-order chi connectivity index (χ1) is 10.6. The lowest BCUT2D eigenvalue weighted by Gasteiger charge is -2.20. The van der Waals surface area contributed by atoms with E-state index in [1.807, 2.05) is 0 Å². The highest BCUT2D eigenvalue weighted by atomic mass is 16.2. The average Bonchev–Trinajstić information content (AvgIpc) is 2.46. The molecule has 0 aliphatic carbocycles. The molecular weight excluding hydrogens is 302 g/mol. The van der Waals surface area contributed by atoms with Crippen LogP contribution in [-0.2, 0) is 19.2 Å². The van der Waals surface area contributed by atoms with Crippen LogP contribution in [0.1, 0.15) is 34.6 Å². The third kappa shape index (κ3) is 7.59. The number of likely N-dealkylation sites (N-methyl/N-ethyl adjacent to an activating group) is 1. The van der Waals surface area contributed by atoms with Gasteiger partial charge in [-0.3, -0.25) is 19.2 Å². The van der Waals surface area contributed by atoms with Gasteiger partial charge in [-0.2, -0.15) is 0 Å². The van der Waals surface area contributed by atoms with Crippen LogP contribution in [0.2, 0.25) is 0 Å². The quantitative estimate of drug-likeness (QED) is 0.349. The summed E-state index contributed by atoms with van der Waals surface area (Å²) in [5.74, 6) is -1.79. The highest BCUT2D eigenvalue weighted by Gasteiger charge is 2.23. The van der Waals surface area contributed by atoms with E-state index in [1.54, 1.807) is 13.8 Å². The Morgan fingerprint density at radius 3 is 1.43 bits per heavy atom. The summed E-state index contributed by atoms with van der Waals surface area (Å²) in [5.41, 5.74) is 5.40. The molecule has 0 aromatic rings. The number of carbonyl (C=O) groups is 4. The maximum atomic E-state index is 11.9. The van der Waals surface area contributed by atoms with Gasteiger partial charge < -0.3 is 27.0 Å². The standard InChI is InChI=1S/C14H27N5O4/c1-6-16-12(21)8(3)18-14(23)10(5)19-13(22)9(4)17-11(20)7(2)15/h7-10H,6,15H2,1-5H3,(H,16,21)(H,17,20)(H,18,23)(H,19,22)/t7-,8-,9-,10-/m0/s1. The zero-order valence-electron chi connectivity index (χ0n) is 14.2. The minimum absolute atomic E-state index is 0.308. The van der Waals surface area contributed by atoms with Gasteiger partial charge >= 0.3 is 0 Å². The van der Waals surface area contributed by atoms with Gasteiger partial charge in [0.05, 0.1) is 6.04 Å². The lowest BCUT2D eigenvalue weighted by atomic mass is 10.2. The topological polar surface area (TPSA) is 142 Å². The largest absolute Gasteiger partial charge is 0.355 e. The van der Waals surface area contributed by atoms with Crippen LogP contribution in [0.15, 0.2) is 0 Å². The molecule has 6 N–H and O–H groups in total. The summed E-state index contributed by atoms with van der Waals surface area (Å²) in [6, 6.07) is -3.13. The number of nitrogens with two attached hydrogens (primary N) is 1. The monoisotopic (exact) mass is 329 g/mol. The predicted octanol–water partition coefficient (Wildman–Crippen LogP) is -2.02. The van der Waals surface area contributed by atoms with Gasteiger partial charge in [0.15, 0.2) is 0 Å². The molecule has 0 fully saturated rings. The van der Waals surface area contributed by atoms with E-state index in [2.05, 4.69) is 21.3 Å². The number of rotatable bonds is 8. The Morgan fingerprint density at radius 2 is 1.09 bits per heavy atom. The molecule has 0 aromatic heterocycles. The molecule has 0 unspecified atom stereocenters. The predicted molar refractivity (Wildman–Crippen MR) is 85.1 cm³/mol. The van der Waals surface area contributed by atoms with Gasteiger partial charge in [-0.05, 0) is 34.6 Å². The van der Waals surface area contributed by atoms with Crippen LogP contribution < -0.4 is 27.0 Å². The molecule has 9 nitrogen and oxygen atoms in total. The summed E-state index contributed by atoms with van der Waals surface area (Å²) in [5, 5.41) is 9.96. The Bertz CT molecular complexity index is 452. The fourth-order valence-corrected chi connectivity index (χ4v) is 1.55. The lowest BCUT2D eigenvalue weighted by Crippen LogP contribution is -2.55. The van der Waals surface area contributed by atoms with E-state index < -0.39 is 41.9 Å². The van der Waals surface area contributed by atoms with Crippen LogP contribution in [0.3, 0.4) is 0 Å². The molecule has 0 bridgehead atoms. The molecule has 0 heterocycles. The minimum atomic E-state index is -0.853. The van der Waals surface area contributed by atoms with Gasteiger partial charge in [0, 0.05) is 6.54 Å². The Balaban J connectivity index is 4.42. The van der Waals surface area contributed by atoms with Crippen LogP contribution in [0.4, 0.5) is 0 Å². The van der Waals surface area contributed by atoms with Gasteiger partial charge in [-0.15, -0.1) is 0 Å². The fraction of sp³-hybridized carbons (Fsp3) is 0.714. The summed E-state index contributed by atoms with van der Waals surface area (Å²) in [4.78, 5) is 46.8.